The van der Waals surface area contributed by atoms with E-state index >= 15 is 0 Å². The lowest BCUT2D eigenvalue weighted by atomic mass is 10.1. The van der Waals surface area contributed by atoms with E-state index in [1.165, 1.54) is 6.92 Å². The van der Waals surface area contributed by atoms with E-state index < -0.39 is 11.9 Å². The van der Waals surface area contributed by atoms with E-state index in [-0.39, 0.29) is 23.2 Å². The molecule has 0 saturated carbocycles. The van der Waals surface area contributed by atoms with Crippen molar-refractivity contribution in [1.29, 1.82) is 0 Å². The molecule has 160 valence electrons. The van der Waals surface area contributed by atoms with Gasteiger partial charge in [0.25, 0.3) is 5.91 Å². The lowest BCUT2D eigenvalue weighted by molar-refractivity contribution is -0.142. The summed E-state index contributed by atoms with van der Waals surface area (Å²) < 4.78 is 42.6. The standard InChI is InChI=1S/C20H23F3N6O/c1-4-5-14-9-16(27(3)25-14)19(30)28-7-6-13(11-28)15-10-18-24-12(2)8-17(20(21,22)23)29(18)26-15/h8-10,13H,4-7,11H2,1-3H3/t13-/m0/s1. The number of aromatic nitrogens is 5. The highest BCUT2D eigenvalue weighted by Gasteiger charge is 2.36. The van der Waals surface area contributed by atoms with Crippen molar-refractivity contribution in [2.24, 2.45) is 7.05 Å². The molecule has 0 spiro atoms. The number of aryl methyl sites for hydroxylation is 3. The first kappa shape index (κ1) is 20.4. The van der Waals surface area contributed by atoms with E-state index in [1.807, 2.05) is 6.07 Å². The van der Waals surface area contributed by atoms with Crippen LogP contribution in [0.5, 0.6) is 0 Å². The molecule has 0 unspecified atom stereocenters. The molecule has 1 aliphatic rings. The van der Waals surface area contributed by atoms with Crippen molar-refractivity contribution < 1.29 is 18.0 Å². The number of hydrogen-bond donors (Lipinski definition) is 0. The lowest BCUT2D eigenvalue weighted by Crippen LogP contribution is -2.30. The van der Waals surface area contributed by atoms with Gasteiger partial charge >= 0.3 is 6.18 Å². The van der Waals surface area contributed by atoms with Gasteiger partial charge in [0.05, 0.1) is 11.4 Å². The predicted molar refractivity (Wildman–Crippen MR) is 103 cm³/mol. The average molecular weight is 420 g/mol. The number of likely N-dealkylation sites (tertiary alicyclic amines) is 1. The molecule has 0 N–H and O–H groups in total. The van der Waals surface area contributed by atoms with Gasteiger partial charge in [-0.05, 0) is 31.9 Å². The molecule has 1 saturated heterocycles. The zero-order valence-corrected chi connectivity index (χ0v) is 17.1. The van der Waals surface area contributed by atoms with Crippen LogP contribution in [0.4, 0.5) is 13.2 Å². The third-order valence-corrected chi connectivity index (χ3v) is 5.41. The number of rotatable bonds is 4. The van der Waals surface area contributed by atoms with E-state index in [1.54, 1.807) is 22.7 Å². The molecule has 3 aromatic rings. The Morgan fingerprint density at radius 1 is 1.23 bits per heavy atom. The molecule has 0 aliphatic carbocycles. The van der Waals surface area contributed by atoms with Crippen LogP contribution in [0.2, 0.25) is 0 Å². The van der Waals surface area contributed by atoms with Crippen molar-refractivity contribution in [3.63, 3.8) is 0 Å². The van der Waals surface area contributed by atoms with Crippen molar-refractivity contribution in [2.45, 2.75) is 45.2 Å². The topological polar surface area (TPSA) is 68.3 Å². The highest BCUT2D eigenvalue weighted by atomic mass is 19.4. The highest BCUT2D eigenvalue weighted by Crippen LogP contribution is 2.32. The van der Waals surface area contributed by atoms with E-state index in [4.69, 9.17) is 0 Å². The second kappa shape index (κ2) is 7.41. The number of alkyl halides is 3. The summed E-state index contributed by atoms with van der Waals surface area (Å²) in [7, 11) is 1.74. The van der Waals surface area contributed by atoms with Gasteiger partial charge in [-0.3, -0.25) is 9.48 Å². The normalized spacial score (nSPS) is 17.3. The quantitative estimate of drug-likeness (QED) is 0.649. The Morgan fingerprint density at radius 3 is 2.70 bits per heavy atom. The lowest BCUT2D eigenvalue weighted by Gasteiger charge is -2.15. The fourth-order valence-electron chi connectivity index (χ4n) is 3.97. The molecule has 4 rings (SSSR count). The van der Waals surface area contributed by atoms with Crippen LogP contribution in [0.1, 0.15) is 58.9 Å². The van der Waals surface area contributed by atoms with Crippen molar-refractivity contribution in [3.05, 3.63) is 46.7 Å². The van der Waals surface area contributed by atoms with E-state index in [0.717, 1.165) is 29.1 Å². The van der Waals surface area contributed by atoms with Crippen LogP contribution in [0.3, 0.4) is 0 Å². The molecule has 30 heavy (non-hydrogen) atoms. The van der Waals surface area contributed by atoms with E-state index in [9.17, 15) is 18.0 Å². The average Bonchev–Trinajstić information content (AvgIpc) is 3.37. The molecule has 4 heterocycles. The Kier molecular flexibility index (Phi) is 5.03. The van der Waals surface area contributed by atoms with Crippen LogP contribution in [0.15, 0.2) is 18.2 Å². The molecule has 0 radical (unpaired) electrons. The molecule has 1 aliphatic heterocycles. The maximum Gasteiger partial charge on any atom is 0.433 e. The Labute approximate surface area is 171 Å². The predicted octanol–water partition coefficient (Wildman–Crippen LogP) is 3.37. The molecule has 0 aromatic carbocycles. The SMILES string of the molecule is CCCc1cc(C(=O)N2CC[C@H](c3cc4nc(C)cc(C(F)(F)F)n4n3)C2)n(C)n1. The van der Waals surface area contributed by atoms with Crippen molar-refractivity contribution >= 4 is 11.6 Å². The molecular weight excluding hydrogens is 397 g/mol. The van der Waals surface area contributed by atoms with Crippen LogP contribution >= 0.6 is 0 Å². The molecule has 1 fully saturated rings. The zero-order valence-electron chi connectivity index (χ0n) is 17.1. The molecule has 1 amide bonds. The number of nitrogens with zero attached hydrogens (tertiary/aromatic N) is 6. The van der Waals surface area contributed by atoms with E-state index in [0.29, 0.717) is 30.9 Å². The van der Waals surface area contributed by atoms with Gasteiger partial charge < -0.3 is 4.90 Å². The second-order valence-electron chi connectivity index (χ2n) is 7.75. The molecule has 3 aromatic heterocycles. The van der Waals surface area contributed by atoms with Crippen LogP contribution in [-0.2, 0) is 19.6 Å². The molecular formula is C20H23F3N6O. The van der Waals surface area contributed by atoms with Crippen LogP contribution < -0.4 is 0 Å². The first-order valence-electron chi connectivity index (χ1n) is 9.94. The summed E-state index contributed by atoms with van der Waals surface area (Å²) >= 11 is 0. The maximum atomic E-state index is 13.4. The van der Waals surface area contributed by atoms with Crippen LogP contribution in [0.25, 0.3) is 5.65 Å². The van der Waals surface area contributed by atoms with Gasteiger partial charge in [0, 0.05) is 37.8 Å². The summed E-state index contributed by atoms with van der Waals surface area (Å²) in [5.74, 6) is -0.260. The van der Waals surface area contributed by atoms with Gasteiger partial charge in [0.15, 0.2) is 5.65 Å². The monoisotopic (exact) mass is 420 g/mol. The fourth-order valence-corrected chi connectivity index (χ4v) is 3.97. The Hall–Kier alpha value is -2.91. The fraction of sp³-hybridized carbons (Fsp3) is 0.500. The third kappa shape index (κ3) is 3.66. The number of hydrogen-bond acceptors (Lipinski definition) is 4. The Balaban J connectivity index is 1.57. The number of halogens is 3. The van der Waals surface area contributed by atoms with Gasteiger partial charge in [-0.15, -0.1) is 0 Å². The highest BCUT2D eigenvalue weighted by molar-refractivity contribution is 5.93. The number of fused-ring (bicyclic) bond motifs is 1. The van der Waals surface area contributed by atoms with Gasteiger partial charge in [-0.25, -0.2) is 9.50 Å². The van der Waals surface area contributed by atoms with Gasteiger partial charge in [0.2, 0.25) is 0 Å². The summed E-state index contributed by atoms with van der Waals surface area (Å²) in [6, 6.07) is 4.39. The summed E-state index contributed by atoms with van der Waals surface area (Å²) in [6.07, 6.45) is -2.14. The van der Waals surface area contributed by atoms with Crippen molar-refractivity contribution in [2.75, 3.05) is 13.1 Å². The summed E-state index contributed by atoms with van der Waals surface area (Å²) in [5, 5.41) is 8.57. The molecule has 1 atom stereocenters. The minimum Gasteiger partial charge on any atom is -0.337 e. The third-order valence-electron chi connectivity index (χ3n) is 5.41. The molecule has 7 nitrogen and oxygen atoms in total. The van der Waals surface area contributed by atoms with Gasteiger partial charge in [0.1, 0.15) is 11.4 Å². The van der Waals surface area contributed by atoms with Crippen LogP contribution in [0, 0.1) is 6.92 Å². The number of carbonyl (C=O) groups excluding carboxylic acids is 1. The Morgan fingerprint density at radius 2 is 2.00 bits per heavy atom. The van der Waals surface area contributed by atoms with Crippen molar-refractivity contribution in [3.8, 4) is 0 Å². The summed E-state index contributed by atoms with van der Waals surface area (Å²) in [6.45, 7) is 4.50. The summed E-state index contributed by atoms with van der Waals surface area (Å²) in [4.78, 5) is 18.8. The first-order chi connectivity index (χ1) is 14.2. The van der Waals surface area contributed by atoms with Gasteiger partial charge in [-0.2, -0.15) is 23.4 Å². The minimum absolute atomic E-state index is 0.122. The zero-order chi connectivity index (χ0) is 21.6. The van der Waals surface area contributed by atoms with E-state index in [2.05, 4.69) is 22.1 Å². The van der Waals surface area contributed by atoms with Gasteiger partial charge in [-0.1, -0.05) is 13.3 Å². The second-order valence-corrected chi connectivity index (χ2v) is 7.75. The maximum absolute atomic E-state index is 13.4. The molecule has 0 bridgehead atoms. The first-order valence-corrected chi connectivity index (χ1v) is 9.94. The number of amides is 1. The minimum atomic E-state index is -4.53. The Bertz CT molecular complexity index is 1100. The summed E-state index contributed by atoms with van der Waals surface area (Å²) in [5.41, 5.74) is 1.51. The largest absolute Gasteiger partial charge is 0.433 e. The number of carbonyl (C=O) groups is 1. The smallest absolute Gasteiger partial charge is 0.337 e. The van der Waals surface area contributed by atoms with Crippen molar-refractivity contribution in [1.82, 2.24) is 29.3 Å². The van der Waals surface area contributed by atoms with Crippen LogP contribution in [-0.4, -0.2) is 48.3 Å². The molecule has 10 heteroatoms.